The van der Waals surface area contributed by atoms with Gasteiger partial charge in [-0.1, -0.05) is 60.7 Å². The summed E-state index contributed by atoms with van der Waals surface area (Å²) in [6, 6.07) is 22.2. The van der Waals surface area contributed by atoms with Crippen molar-refractivity contribution in [2.75, 3.05) is 26.1 Å². The van der Waals surface area contributed by atoms with Crippen molar-refractivity contribution in [3.63, 3.8) is 0 Å². The highest BCUT2D eigenvalue weighted by atomic mass is 16.5. The number of nitrogens with zero attached hydrogens (tertiary/aromatic N) is 6. The number of imidazole rings is 1. The predicted molar refractivity (Wildman–Crippen MR) is 143 cm³/mol. The van der Waals surface area contributed by atoms with Crippen LogP contribution in [0.1, 0.15) is 40.2 Å². The average molecular weight is 512 g/mol. The first kappa shape index (κ1) is 25.1. The van der Waals surface area contributed by atoms with Crippen LogP contribution >= 0.6 is 0 Å². The number of methoxy groups -OCH3 is 2. The number of anilines is 1. The quantitative estimate of drug-likeness (QED) is 0.300. The van der Waals surface area contributed by atoms with Gasteiger partial charge in [0.15, 0.2) is 5.65 Å². The number of nitrogens with one attached hydrogen (secondary N) is 1. The van der Waals surface area contributed by atoms with Gasteiger partial charge < -0.3 is 14.0 Å². The van der Waals surface area contributed by atoms with E-state index in [2.05, 4.69) is 49.2 Å². The third-order valence-corrected chi connectivity index (χ3v) is 6.30. The number of rotatable bonds is 10. The second-order valence-electron chi connectivity index (χ2n) is 8.63. The topological polar surface area (TPSA) is 109 Å². The maximum absolute atomic E-state index is 13.3. The van der Waals surface area contributed by atoms with E-state index in [-0.39, 0.29) is 23.3 Å². The van der Waals surface area contributed by atoms with Gasteiger partial charge in [0.05, 0.1) is 25.2 Å². The normalized spacial score (nSPS) is 11.3. The molecule has 0 spiro atoms. The highest BCUT2D eigenvalue weighted by molar-refractivity contribution is 6.06. The van der Waals surface area contributed by atoms with E-state index in [1.54, 1.807) is 24.2 Å². The molecule has 0 radical (unpaired) electrons. The van der Waals surface area contributed by atoms with E-state index in [1.807, 2.05) is 43.3 Å². The van der Waals surface area contributed by atoms with Gasteiger partial charge in [0.1, 0.15) is 17.7 Å². The summed E-state index contributed by atoms with van der Waals surface area (Å²) in [6.45, 7) is 3.57. The lowest BCUT2D eigenvalue weighted by atomic mass is 9.90. The van der Waals surface area contributed by atoms with Crippen molar-refractivity contribution in [2.45, 2.75) is 25.9 Å². The number of hydrogen-bond donors (Lipinski definition) is 1. The van der Waals surface area contributed by atoms with Gasteiger partial charge in [0, 0.05) is 20.2 Å². The van der Waals surface area contributed by atoms with Gasteiger partial charge in [0.25, 0.3) is 5.91 Å². The number of aromatic nitrogens is 6. The van der Waals surface area contributed by atoms with Crippen LogP contribution < -0.4 is 10.1 Å². The van der Waals surface area contributed by atoms with E-state index in [4.69, 9.17) is 14.5 Å². The summed E-state index contributed by atoms with van der Waals surface area (Å²) < 4.78 is 14.6. The maximum atomic E-state index is 13.3. The Kier molecular flexibility index (Phi) is 7.41. The standard InChI is InChI=1S/C28H29N7O3/c1-4-34-18-29-28(33-34)32-26(36)21-17-22-24(31-27(21)38-3)30-25(35(22)15-16-37-2)23(19-11-7-5-8-12-19)20-13-9-6-10-14-20/h5-14,17-18,23H,4,15-16H2,1-3H3,(H,32,33,36). The van der Waals surface area contributed by atoms with Crippen LogP contribution in [0.25, 0.3) is 11.2 Å². The second kappa shape index (κ2) is 11.2. The average Bonchev–Trinajstić information content (AvgIpc) is 3.56. The molecule has 0 aliphatic rings. The summed E-state index contributed by atoms with van der Waals surface area (Å²) in [6.07, 6.45) is 1.56. The summed E-state index contributed by atoms with van der Waals surface area (Å²) in [5.74, 6) is 0.595. The lowest BCUT2D eigenvalue weighted by Gasteiger charge is -2.20. The lowest BCUT2D eigenvalue weighted by molar-refractivity contribution is 0.102. The molecule has 0 bridgehead atoms. The zero-order valence-electron chi connectivity index (χ0n) is 21.5. The van der Waals surface area contributed by atoms with E-state index in [0.717, 1.165) is 17.0 Å². The molecule has 5 aromatic rings. The van der Waals surface area contributed by atoms with Crippen molar-refractivity contribution in [3.05, 3.63) is 95.6 Å². The van der Waals surface area contributed by atoms with Crippen LogP contribution in [-0.4, -0.2) is 56.0 Å². The third kappa shape index (κ3) is 4.98. The number of pyridine rings is 1. The minimum absolute atomic E-state index is 0.158. The molecule has 0 aliphatic heterocycles. The Labute approximate surface area is 220 Å². The third-order valence-electron chi connectivity index (χ3n) is 6.30. The smallest absolute Gasteiger partial charge is 0.263 e. The number of amides is 1. The fourth-order valence-electron chi connectivity index (χ4n) is 4.46. The van der Waals surface area contributed by atoms with Gasteiger partial charge in [-0.05, 0) is 24.1 Å². The summed E-state index contributed by atoms with van der Waals surface area (Å²) in [7, 11) is 3.14. The zero-order chi connectivity index (χ0) is 26.5. The maximum Gasteiger partial charge on any atom is 0.263 e. The molecule has 10 nitrogen and oxygen atoms in total. The minimum atomic E-state index is -0.422. The number of hydrogen-bond acceptors (Lipinski definition) is 7. The highest BCUT2D eigenvalue weighted by Gasteiger charge is 2.26. The first-order valence-corrected chi connectivity index (χ1v) is 12.4. The predicted octanol–water partition coefficient (Wildman–Crippen LogP) is 4.13. The molecule has 38 heavy (non-hydrogen) atoms. The van der Waals surface area contributed by atoms with Crippen LogP contribution in [0.15, 0.2) is 73.1 Å². The van der Waals surface area contributed by atoms with Gasteiger partial charge in [0.2, 0.25) is 11.8 Å². The molecule has 3 heterocycles. The molecule has 0 saturated heterocycles. The Morgan fingerprint density at radius 1 is 1.00 bits per heavy atom. The van der Waals surface area contributed by atoms with Crippen LogP contribution in [0.5, 0.6) is 5.88 Å². The summed E-state index contributed by atoms with van der Waals surface area (Å²) in [5, 5.41) is 6.98. The van der Waals surface area contributed by atoms with Gasteiger partial charge in [-0.2, -0.15) is 4.98 Å². The van der Waals surface area contributed by atoms with Gasteiger partial charge in [-0.3, -0.25) is 14.8 Å². The zero-order valence-corrected chi connectivity index (χ0v) is 21.5. The van der Waals surface area contributed by atoms with E-state index in [0.29, 0.717) is 30.9 Å². The molecule has 0 aliphatic carbocycles. The van der Waals surface area contributed by atoms with Crippen LogP contribution in [0, 0.1) is 0 Å². The van der Waals surface area contributed by atoms with Crippen LogP contribution in [-0.2, 0) is 17.8 Å². The van der Waals surface area contributed by atoms with Crippen LogP contribution in [0.2, 0.25) is 0 Å². The van der Waals surface area contributed by atoms with E-state index < -0.39 is 5.91 Å². The Balaban J connectivity index is 1.66. The molecule has 194 valence electrons. The molecule has 0 atom stereocenters. The van der Waals surface area contributed by atoms with E-state index >= 15 is 0 Å². The fraction of sp³-hybridized carbons (Fsp3) is 0.250. The molecule has 0 fully saturated rings. The van der Waals surface area contributed by atoms with E-state index in [1.165, 1.54) is 7.11 Å². The molecular weight excluding hydrogens is 482 g/mol. The number of carbonyl (C=O) groups is 1. The van der Waals surface area contributed by atoms with Crippen molar-refractivity contribution in [1.82, 2.24) is 29.3 Å². The monoisotopic (exact) mass is 511 g/mol. The molecule has 5 rings (SSSR count). The molecule has 10 heteroatoms. The van der Waals surface area contributed by atoms with Crippen LogP contribution in [0.4, 0.5) is 5.95 Å². The Morgan fingerprint density at radius 2 is 1.68 bits per heavy atom. The Bertz CT molecular complexity index is 1490. The number of aryl methyl sites for hydroxylation is 1. The molecule has 0 saturated carbocycles. The molecule has 3 aromatic heterocycles. The molecule has 0 unspecified atom stereocenters. The van der Waals surface area contributed by atoms with E-state index in [9.17, 15) is 4.79 Å². The van der Waals surface area contributed by atoms with Crippen molar-refractivity contribution < 1.29 is 14.3 Å². The Morgan fingerprint density at radius 3 is 2.26 bits per heavy atom. The second-order valence-corrected chi connectivity index (χ2v) is 8.63. The molecule has 1 amide bonds. The number of ether oxygens (including phenoxy) is 2. The molecule has 2 aromatic carbocycles. The van der Waals surface area contributed by atoms with Crippen molar-refractivity contribution in [1.29, 1.82) is 0 Å². The number of fused-ring (bicyclic) bond motifs is 1. The SMILES string of the molecule is CCn1cnc(NC(=O)c2cc3c(nc2OC)nc(C(c2ccccc2)c2ccccc2)n3CCOC)n1. The first-order valence-electron chi connectivity index (χ1n) is 12.4. The first-order chi connectivity index (χ1) is 18.6. The largest absolute Gasteiger partial charge is 0.480 e. The van der Waals surface area contributed by atoms with Crippen molar-refractivity contribution in [3.8, 4) is 5.88 Å². The number of carbonyl (C=O) groups excluding carboxylic acids is 1. The van der Waals surface area contributed by atoms with Crippen molar-refractivity contribution >= 4 is 23.0 Å². The van der Waals surface area contributed by atoms with Gasteiger partial charge in [-0.25, -0.2) is 9.97 Å². The fourth-order valence-corrected chi connectivity index (χ4v) is 4.46. The summed E-state index contributed by atoms with van der Waals surface area (Å²) in [4.78, 5) is 27.0. The molecule has 1 N–H and O–H groups in total. The summed E-state index contributed by atoms with van der Waals surface area (Å²) >= 11 is 0. The Hall–Kier alpha value is -4.57. The van der Waals surface area contributed by atoms with Crippen molar-refractivity contribution in [2.24, 2.45) is 0 Å². The highest BCUT2D eigenvalue weighted by Crippen LogP contribution is 2.34. The minimum Gasteiger partial charge on any atom is -0.480 e. The van der Waals surface area contributed by atoms with Crippen LogP contribution in [0.3, 0.4) is 0 Å². The van der Waals surface area contributed by atoms with Gasteiger partial charge >= 0.3 is 0 Å². The number of benzene rings is 2. The van der Waals surface area contributed by atoms with Gasteiger partial charge in [-0.15, -0.1) is 5.10 Å². The molecular formula is C28H29N7O3. The summed E-state index contributed by atoms with van der Waals surface area (Å²) in [5.41, 5.74) is 3.63. The lowest BCUT2D eigenvalue weighted by Crippen LogP contribution is -2.16.